The monoisotopic (exact) mass is 212 g/mol. The Morgan fingerprint density at radius 1 is 1.29 bits per heavy atom. The third-order valence-corrected chi connectivity index (χ3v) is 2.34. The van der Waals surface area contributed by atoms with Crippen molar-refractivity contribution in [3.05, 3.63) is 0 Å². The number of halogens is 1. The summed E-state index contributed by atoms with van der Waals surface area (Å²) in [5.74, 6) is 0. The van der Waals surface area contributed by atoms with Crippen LogP contribution in [0.5, 0.6) is 0 Å². The average Bonchev–Trinajstić information content (AvgIpc) is 2.20. The van der Waals surface area contributed by atoms with Gasteiger partial charge < -0.3 is 30.3 Å². The highest BCUT2D eigenvalue weighted by molar-refractivity contribution is 4.99. The van der Waals surface area contributed by atoms with Crippen LogP contribution in [-0.4, -0.2) is 69.0 Å². The van der Waals surface area contributed by atoms with Gasteiger partial charge >= 0.3 is 0 Å². The average molecular weight is 212 g/mol. The van der Waals surface area contributed by atoms with Crippen LogP contribution in [0.1, 0.15) is 0 Å². The van der Waals surface area contributed by atoms with Crippen LogP contribution >= 0.6 is 0 Å². The molecule has 6 nitrogen and oxygen atoms in total. The predicted molar refractivity (Wildman–Crippen MR) is 40.9 cm³/mol. The Bertz CT molecular complexity index is 203. The molecular weight excluding hydrogens is 199 g/mol. The van der Waals surface area contributed by atoms with Crippen LogP contribution in [0, 0.1) is 0 Å². The molecule has 0 aromatic rings. The van der Waals surface area contributed by atoms with Crippen LogP contribution in [-0.2, 0) is 4.74 Å². The van der Waals surface area contributed by atoms with Gasteiger partial charge in [-0.25, -0.2) is 4.39 Å². The smallest absolute Gasteiger partial charge is 0.189 e. The van der Waals surface area contributed by atoms with Gasteiger partial charge in [-0.1, -0.05) is 0 Å². The summed E-state index contributed by atoms with van der Waals surface area (Å²) in [5.41, 5.74) is -2.55. The normalized spacial score (nSPS) is 49.3. The van der Waals surface area contributed by atoms with Gasteiger partial charge in [0.15, 0.2) is 11.9 Å². The van der Waals surface area contributed by atoms with Crippen molar-refractivity contribution in [3.8, 4) is 0 Å². The Balaban J connectivity index is 2.84. The molecule has 0 saturated carbocycles. The summed E-state index contributed by atoms with van der Waals surface area (Å²) < 4.78 is 16.9. The quantitative estimate of drug-likeness (QED) is 0.336. The summed E-state index contributed by atoms with van der Waals surface area (Å²) in [7, 11) is 0. The molecular formula is C7H13FO6. The van der Waals surface area contributed by atoms with Crippen LogP contribution < -0.4 is 0 Å². The number of hydrogen-bond donors (Lipinski definition) is 5. The van der Waals surface area contributed by atoms with E-state index in [0.717, 1.165) is 0 Å². The minimum Gasteiger partial charge on any atom is -0.394 e. The molecule has 1 aliphatic rings. The zero-order chi connectivity index (χ0) is 10.9. The second-order valence-electron chi connectivity index (χ2n) is 3.27. The topological polar surface area (TPSA) is 110 Å². The lowest BCUT2D eigenvalue weighted by atomic mass is 9.88. The number of hydrogen-bond acceptors (Lipinski definition) is 6. The molecule has 5 atom stereocenters. The molecule has 14 heavy (non-hydrogen) atoms. The standard InChI is InChI=1S/C7H13FO6/c8-2-7(13)5(11)4(10)3(1-9)14-6(7)12/h3-6,9-13H,1-2H2/t3-,4-,5+,6?,7+/m1/s1. The highest BCUT2D eigenvalue weighted by Crippen LogP contribution is 2.29. The number of alkyl halides is 1. The van der Waals surface area contributed by atoms with Crippen LogP contribution in [0.2, 0.25) is 0 Å². The van der Waals surface area contributed by atoms with Gasteiger partial charge in [-0.15, -0.1) is 0 Å². The van der Waals surface area contributed by atoms with E-state index in [1.165, 1.54) is 0 Å². The first kappa shape index (κ1) is 11.8. The molecule has 0 aromatic carbocycles. The molecule has 1 aliphatic heterocycles. The molecule has 1 rings (SSSR count). The van der Waals surface area contributed by atoms with Gasteiger partial charge in [0.25, 0.3) is 0 Å². The summed E-state index contributed by atoms with van der Waals surface area (Å²) in [6, 6.07) is 0. The van der Waals surface area contributed by atoms with Gasteiger partial charge in [-0.3, -0.25) is 0 Å². The Morgan fingerprint density at radius 3 is 2.29 bits per heavy atom. The van der Waals surface area contributed by atoms with Crippen molar-refractivity contribution in [2.75, 3.05) is 13.3 Å². The van der Waals surface area contributed by atoms with E-state index in [1.807, 2.05) is 0 Å². The molecule has 0 amide bonds. The van der Waals surface area contributed by atoms with E-state index < -0.39 is 43.5 Å². The summed E-state index contributed by atoms with van der Waals surface area (Å²) in [6.45, 7) is -2.12. The molecule has 5 N–H and O–H groups in total. The summed E-state index contributed by atoms with van der Waals surface area (Å²) >= 11 is 0. The first-order valence-electron chi connectivity index (χ1n) is 4.06. The van der Waals surface area contributed by atoms with Gasteiger partial charge in [0.05, 0.1) is 6.61 Å². The predicted octanol–water partition coefficient (Wildman–Crippen LogP) is -2.88. The molecule has 1 unspecified atom stereocenters. The fourth-order valence-electron chi connectivity index (χ4n) is 1.31. The first-order valence-corrected chi connectivity index (χ1v) is 4.06. The zero-order valence-corrected chi connectivity index (χ0v) is 7.25. The Labute approximate surface area is 79.2 Å². The fraction of sp³-hybridized carbons (Fsp3) is 1.00. The fourth-order valence-corrected chi connectivity index (χ4v) is 1.31. The lowest BCUT2D eigenvalue weighted by molar-refractivity contribution is -0.331. The molecule has 0 radical (unpaired) electrons. The highest BCUT2D eigenvalue weighted by Gasteiger charge is 2.54. The minimum atomic E-state index is -2.55. The maximum Gasteiger partial charge on any atom is 0.189 e. The largest absolute Gasteiger partial charge is 0.394 e. The molecule has 84 valence electrons. The number of rotatable bonds is 2. The number of ether oxygens (including phenoxy) is 1. The summed E-state index contributed by atoms with van der Waals surface area (Å²) in [4.78, 5) is 0. The second kappa shape index (κ2) is 4.05. The molecule has 0 bridgehead atoms. The van der Waals surface area contributed by atoms with Gasteiger partial charge in [-0.2, -0.15) is 0 Å². The van der Waals surface area contributed by atoms with Gasteiger partial charge in [0, 0.05) is 0 Å². The van der Waals surface area contributed by atoms with Crippen molar-refractivity contribution < 1.29 is 34.7 Å². The maximum absolute atomic E-state index is 12.3. The molecule has 0 aliphatic carbocycles. The first-order chi connectivity index (χ1) is 6.47. The summed E-state index contributed by atoms with van der Waals surface area (Å²) in [6.07, 6.45) is -6.78. The van der Waals surface area contributed by atoms with E-state index in [4.69, 9.17) is 10.2 Å². The minimum absolute atomic E-state index is 0.655. The van der Waals surface area contributed by atoms with Gasteiger partial charge in [0.2, 0.25) is 0 Å². The molecule has 7 heteroatoms. The van der Waals surface area contributed by atoms with Crippen molar-refractivity contribution in [2.45, 2.75) is 30.2 Å². The molecule has 0 aromatic heterocycles. The molecule has 1 heterocycles. The van der Waals surface area contributed by atoms with E-state index in [1.54, 1.807) is 0 Å². The zero-order valence-electron chi connectivity index (χ0n) is 7.25. The third-order valence-electron chi connectivity index (χ3n) is 2.34. The number of aliphatic hydroxyl groups is 5. The third kappa shape index (κ3) is 1.62. The van der Waals surface area contributed by atoms with Crippen LogP contribution in [0.4, 0.5) is 4.39 Å². The lowest BCUT2D eigenvalue weighted by Gasteiger charge is -2.44. The maximum atomic E-state index is 12.3. The van der Waals surface area contributed by atoms with Crippen molar-refractivity contribution in [2.24, 2.45) is 0 Å². The number of aliphatic hydroxyl groups excluding tert-OH is 4. The van der Waals surface area contributed by atoms with E-state index in [-0.39, 0.29) is 0 Å². The van der Waals surface area contributed by atoms with Crippen molar-refractivity contribution in [1.82, 2.24) is 0 Å². The van der Waals surface area contributed by atoms with Crippen LogP contribution in [0.25, 0.3) is 0 Å². The van der Waals surface area contributed by atoms with Crippen LogP contribution in [0.15, 0.2) is 0 Å². The van der Waals surface area contributed by atoms with E-state index in [0.29, 0.717) is 0 Å². The molecule has 1 fully saturated rings. The van der Waals surface area contributed by atoms with Gasteiger partial charge in [-0.05, 0) is 0 Å². The molecule has 0 spiro atoms. The van der Waals surface area contributed by atoms with Crippen molar-refractivity contribution in [3.63, 3.8) is 0 Å². The lowest BCUT2D eigenvalue weighted by Crippen LogP contribution is -2.67. The van der Waals surface area contributed by atoms with Crippen molar-refractivity contribution >= 4 is 0 Å². The van der Waals surface area contributed by atoms with Crippen molar-refractivity contribution in [1.29, 1.82) is 0 Å². The SMILES string of the molecule is OC[C@H]1OC(O)[C@](O)(CF)[C@@H](O)[C@@H]1O. The summed E-state index contributed by atoms with van der Waals surface area (Å²) in [5, 5.41) is 45.7. The van der Waals surface area contributed by atoms with Crippen LogP contribution in [0.3, 0.4) is 0 Å². The van der Waals surface area contributed by atoms with Gasteiger partial charge in [0.1, 0.15) is 25.0 Å². The second-order valence-corrected chi connectivity index (χ2v) is 3.27. The Kier molecular flexibility index (Phi) is 3.40. The van der Waals surface area contributed by atoms with E-state index >= 15 is 0 Å². The Hall–Kier alpha value is -0.310. The molecule has 1 saturated heterocycles. The Morgan fingerprint density at radius 2 is 1.86 bits per heavy atom. The van der Waals surface area contributed by atoms with E-state index in [2.05, 4.69) is 4.74 Å². The van der Waals surface area contributed by atoms with E-state index in [9.17, 15) is 19.7 Å². The highest BCUT2D eigenvalue weighted by atomic mass is 19.1.